The van der Waals surface area contributed by atoms with Crippen LogP contribution in [0.1, 0.15) is 6.92 Å². The van der Waals surface area contributed by atoms with Gasteiger partial charge in [-0.25, -0.2) is 4.39 Å². The zero-order valence-electron chi connectivity index (χ0n) is 7.95. The Kier molecular flexibility index (Phi) is 3.90. The smallest absolute Gasteiger partial charge is 0.180 e. The van der Waals surface area contributed by atoms with Crippen LogP contribution in [0.2, 0.25) is 0 Å². The molecule has 0 saturated carbocycles. The Labute approximate surface area is 94.7 Å². The lowest BCUT2D eigenvalue weighted by Crippen LogP contribution is -2.31. The molecule has 0 radical (unpaired) electrons. The van der Waals surface area contributed by atoms with E-state index in [1.54, 1.807) is 6.92 Å². The number of benzene rings is 1. The third-order valence-electron chi connectivity index (χ3n) is 1.73. The second-order valence-corrected chi connectivity index (χ2v) is 3.71. The van der Waals surface area contributed by atoms with Crippen LogP contribution in [0.5, 0.6) is 5.75 Å². The van der Waals surface area contributed by atoms with Gasteiger partial charge in [-0.3, -0.25) is 0 Å². The van der Waals surface area contributed by atoms with E-state index in [1.807, 2.05) is 0 Å². The van der Waals surface area contributed by atoms with Crippen molar-refractivity contribution < 1.29 is 14.3 Å². The van der Waals surface area contributed by atoms with Gasteiger partial charge in [0.2, 0.25) is 0 Å². The molecule has 4 nitrogen and oxygen atoms in total. The molecule has 0 aliphatic carbocycles. The minimum atomic E-state index is -0.631. The van der Waals surface area contributed by atoms with E-state index in [9.17, 15) is 4.39 Å². The van der Waals surface area contributed by atoms with Crippen molar-refractivity contribution in [3.8, 4) is 5.75 Å². The molecule has 6 heteroatoms. The predicted molar refractivity (Wildman–Crippen MR) is 57.6 cm³/mol. The maximum absolute atomic E-state index is 12.9. The van der Waals surface area contributed by atoms with Crippen molar-refractivity contribution in [2.45, 2.75) is 13.0 Å². The van der Waals surface area contributed by atoms with E-state index in [0.29, 0.717) is 10.2 Å². The first-order valence-electron chi connectivity index (χ1n) is 4.13. The molecule has 15 heavy (non-hydrogen) atoms. The van der Waals surface area contributed by atoms with Crippen molar-refractivity contribution >= 4 is 21.8 Å². The summed E-state index contributed by atoms with van der Waals surface area (Å²) < 4.78 is 18.7. The molecule has 0 fully saturated rings. The van der Waals surface area contributed by atoms with Gasteiger partial charge >= 0.3 is 0 Å². The highest BCUT2D eigenvalue weighted by atomic mass is 79.9. The van der Waals surface area contributed by atoms with Gasteiger partial charge in [0.1, 0.15) is 11.6 Å². The highest BCUT2D eigenvalue weighted by Crippen LogP contribution is 2.26. The van der Waals surface area contributed by atoms with Gasteiger partial charge in [-0.2, -0.15) is 0 Å². The van der Waals surface area contributed by atoms with Crippen LogP contribution in [0.3, 0.4) is 0 Å². The van der Waals surface area contributed by atoms with Gasteiger partial charge < -0.3 is 15.7 Å². The maximum Gasteiger partial charge on any atom is 0.180 e. The van der Waals surface area contributed by atoms with E-state index >= 15 is 0 Å². The predicted octanol–water partition coefficient (Wildman–Crippen LogP) is 2.10. The molecule has 1 unspecified atom stereocenters. The molecule has 1 aromatic carbocycles. The van der Waals surface area contributed by atoms with Crippen molar-refractivity contribution in [3.63, 3.8) is 0 Å². The maximum atomic E-state index is 12.9. The molecule has 3 N–H and O–H groups in total. The lowest BCUT2D eigenvalue weighted by molar-refractivity contribution is 0.263. The summed E-state index contributed by atoms with van der Waals surface area (Å²) in [4.78, 5) is 0. The number of rotatable bonds is 3. The Morgan fingerprint density at radius 2 is 2.33 bits per heavy atom. The summed E-state index contributed by atoms with van der Waals surface area (Å²) in [5, 5.41) is 11.2. The van der Waals surface area contributed by atoms with E-state index in [4.69, 9.17) is 15.7 Å². The topological polar surface area (TPSA) is 67.8 Å². The third-order valence-corrected chi connectivity index (χ3v) is 2.38. The number of hydrogen-bond donors (Lipinski definition) is 2. The monoisotopic (exact) mass is 276 g/mol. The Morgan fingerprint density at radius 3 is 2.93 bits per heavy atom. The van der Waals surface area contributed by atoms with Crippen LogP contribution in [0.15, 0.2) is 27.8 Å². The molecule has 0 bridgehead atoms. The molecule has 0 heterocycles. The molecule has 1 rings (SSSR count). The van der Waals surface area contributed by atoms with Crippen LogP contribution in [0, 0.1) is 5.82 Å². The second kappa shape index (κ2) is 4.97. The van der Waals surface area contributed by atoms with E-state index in [-0.39, 0.29) is 5.84 Å². The summed E-state index contributed by atoms with van der Waals surface area (Å²) in [7, 11) is 0. The zero-order valence-corrected chi connectivity index (χ0v) is 9.53. The average molecular weight is 277 g/mol. The van der Waals surface area contributed by atoms with Crippen molar-refractivity contribution in [2.75, 3.05) is 0 Å². The van der Waals surface area contributed by atoms with Gasteiger partial charge in [-0.05, 0) is 35.0 Å². The standard InChI is InChI=1S/C9H10BrFN2O2/c1-5(9(12)13-14)15-8-4-6(11)2-3-7(8)10/h2-5,14H,1H3,(H2,12,13). The summed E-state index contributed by atoms with van der Waals surface area (Å²) in [5.74, 6) is -0.194. The number of nitrogens with two attached hydrogens (primary N) is 1. The van der Waals surface area contributed by atoms with Crippen molar-refractivity contribution in [1.29, 1.82) is 0 Å². The van der Waals surface area contributed by atoms with Gasteiger partial charge in [-0.15, -0.1) is 0 Å². The minimum Gasteiger partial charge on any atom is -0.481 e. The minimum absolute atomic E-state index is 0.0776. The summed E-state index contributed by atoms with van der Waals surface area (Å²) in [5.41, 5.74) is 5.32. The molecule has 0 aromatic heterocycles. The molecule has 1 aromatic rings. The fourth-order valence-electron chi connectivity index (χ4n) is 0.900. The van der Waals surface area contributed by atoms with E-state index in [2.05, 4.69) is 21.1 Å². The normalized spacial score (nSPS) is 13.7. The Balaban J connectivity index is 2.85. The highest BCUT2D eigenvalue weighted by Gasteiger charge is 2.11. The number of ether oxygens (including phenoxy) is 1. The summed E-state index contributed by atoms with van der Waals surface area (Å²) in [6.45, 7) is 1.59. The number of halogens is 2. The van der Waals surface area contributed by atoms with Crippen LogP contribution in [0.25, 0.3) is 0 Å². The van der Waals surface area contributed by atoms with Crippen LogP contribution in [-0.2, 0) is 0 Å². The van der Waals surface area contributed by atoms with E-state index in [1.165, 1.54) is 18.2 Å². The van der Waals surface area contributed by atoms with Crippen molar-refractivity contribution in [3.05, 3.63) is 28.5 Å². The Morgan fingerprint density at radius 1 is 1.67 bits per heavy atom. The fourth-order valence-corrected chi connectivity index (χ4v) is 1.24. The van der Waals surface area contributed by atoms with Crippen LogP contribution in [-0.4, -0.2) is 17.1 Å². The molecule has 0 saturated heterocycles. The lowest BCUT2D eigenvalue weighted by atomic mass is 10.3. The summed E-state index contributed by atoms with van der Waals surface area (Å²) >= 11 is 3.20. The number of nitrogens with zero attached hydrogens (tertiary/aromatic N) is 1. The molecule has 0 spiro atoms. The molecular weight excluding hydrogens is 267 g/mol. The quantitative estimate of drug-likeness (QED) is 0.385. The number of hydrogen-bond acceptors (Lipinski definition) is 3. The SMILES string of the molecule is CC(Oc1cc(F)ccc1Br)/C(N)=N/O. The molecule has 0 amide bonds. The first-order valence-corrected chi connectivity index (χ1v) is 4.93. The Bertz CT molecular complexity index is 384. The van der Waals surface area contributed by atoms with Gasteiger partial charge in [0.05, 0.1) is 4.47 Å². The number of oxime groups is 1. The first kappa shape index (κ1) is 11.8. The van der Waals surface area contributed by atoms with E-state index in [0.717, 1.165) is 0 Å². The highest BCUT2D eigenvalue weighted by molar-refractivity contribution is 9.10. The Hall–Kier alpha value is -1.30. The fraction of sp³-hybridized carbons (Fsp3) is 0.222. The van der Waals surface area contributed by atoms with Crippen molar-refractivity contribution in [1.82, 2.24) is 0 Å². The number of amidine groups is 1. The third kappa shape index (κ3) is 3.09. The van der Waals surface area contributed by atoms with Gasteiger partial charge in [0, 0.05) is 6.07 Å². The van der Waals surface area contributed by atoms with Crippen LogP contribution in [0.4, 0.5) is 4.39 Å². The van der Waals surface area contributed by atoms with Gasteiger partial charge in [0.15, 0.2) is 11.9 Å². The molecule has 82 valence electrons. The summed E-state index contributed by atoms with van der Waals surface area (Å²) in [6, 6.07) is 4.03. The van der Waals surface area contributed by atoms with Crippen LogP contribution >= 0.6 is 15.9 Å². The molecule has 0 aliphatic rings. The molecule has 0 aliphatic heterocycles. The van der Waals surface area contributed by atoms with Gasteiger partial charge in [0.25, 0.3) is 0 Å². The summed E-state index contributed by atoms with van der Waals surface area (Å²) in [6.07, 6.45) is -0.631. The van der Waals surface area contributed by atoms with Gasteiger partial charge in [-0.1, -0.05) is 5.16 Å². The first-order chi connectivity index (χ1) is 7.04. The lowest BCUT2D eigenvalue weighted by Gasteiger charge is -2.14. The molecular formula is C9H10BrFN2O2. The van der Waals surface area contributed by atoms with E-state index < -0.39 is 11.9 Å². The van der Waals surface area contributed by atoms with Crippen molar-refractivity contribution in [2.24, 2.45) is 10.9 Å². The second-order valence-electron chi connectivity index (χ2n) is 2.86. The van der Waals surface area contributed by atoms with Crippen LogP contribution < -0.4 is 10.5 Å². The zero-order chi connectivity index (χ0) is 11.4. The molecule has 1 atom stereocenters. The average Bonchev–Trinajstić information content (AvgIpc) is 2.22. The largest absolute Gasteiger partial charge is 0.481 e.